The summed E-state index contributed by atoms with van der Waals surface area (Å²) in [6, 6.07) is 6.94. The lowest BCUT2D eigenvalue weighted by atomic mass is 9.91. The molecule has 4 rings (SSSR count). The molecule has 226 valence electrons. The van der Waals surface area contributed by atoms with E-state index in [9.17, 15) is 23.7 Å². The number of aromatic amines is 1. The van der Waals surface area contributed by atoms with Crippen LogP contribution in [0.15, 0.2) is 41.3 Å². The molecule has 6 atom stereocenters. The third-order valence-corrected chi connectivity index (χ3v) is 7.88. The zero-order chi connectivity index (χ0) is 30.8. The molecular weight excluding hydrogens is 574 g/mol. The van der Waals surface area contributed by atoms with Gasteiger partial charge in [0.1, 0.15) is 29.4 Å². The number of carbonyl (C=O) groups is 1. The van der Waals surface area contributed by atoms with E-state index in [2.05, 4.69) is 26.9 Å². The molecule has 1 aliphatic rings. The highest BCUT2D eigenvalue weighted by Crippen LogP contribution is 2.47. The van der Waals surface area contributed by atoms with E-state index in [1.165, 1.54) is 26.0 Å². The quantitative estimate of drug-likeness (QED) is 0.127. The van der Waals surface area contributed by atoms with E-state index < -0.39 is 73.2 Å². The Hall–Kier alpha value is -3.77. The van der Waals surface area contributed by atoms with Crippen molar-refractivity contribution in [3.05, 3.63) is 52.7 Å². The van der Waals surface area contributed by atoms with Gasteiger partial charge in [0.05, 0.1) is 12.7 Å². The normalized spacial score (nSPS) is 24.1. The summed E-state index contributed by atoms with van der Waals surface area (Å²) >= 11 is 0. The minimum atomic E-state index is -4.33. The van der Waals surface area contributed by atoms with Crippen molar-refractivity contribution >= 4 is 30.7 Å². The number of carbonyl (C=O) groups excluding carboxylic acids is 1. The van der Waals surface area contributed by atoms with Crippen molar-refractivity contribution in [3.63, 3.8) is 0 Å². The molecule has 0 saturated carbocycles. The predicted octanol–water partition coefficient (Wildman–Crippen LogP) is 1.56. The number of aliphatic hydroxyl groups excluding tert-OH is 1. The Balaban J connectivity index is 1.64. The van der Waals surface area contributed by atoms with Crippen molar-refractivity contribution in [2.75, 3.05) is 12.3 Å². The molecule has 0 bridgehead atoms. The summed E-state index contributed by atoms with van der Waals surface area (Å²) in [5, 5.41) is 13.4. The van der Waals surface area contributed by atoms with Crippen molar-refractivity contribution in [3.8, 4) is 17.6 Å². The molecule has 42 heavy (non-hydrogen) atoms. The van der Waals surface area contributed by atoms with Crippen LogP contribution in [0.25, 0.3) is 11.0 Å². The number of H-pyrrole nitrogens is 1. The first kappa shape index (κ1) is 31.2. The van der Waals surface area contributed by atoms with Gasteiger partial charge in [-0.2, -0.15) is 10.1 Å². The molecule has 2 aromatic heterocycles. The highest BCUT2D eigenvalue weighted by Gasteiger charge is 2.55. The van der Waals surface area contributed by atoms with Gasteiger partial charge in [-0.05, 0) is 39.8 Å². The molecule has 0 aliphatic carbocycles. The smallest absolute Gasteiger partial charge is 0.459 e. The second-order valence-electron chi connectivity index (χ2n) is 9.85. The Morgan fingerprint density at radius 3 is 2.69 bits per heavy atom. The number of hydrogen-bond acceptors (Lipinski definition) is 11. The zero-order valence-electron chi connectivity index (χ0n) is 23.2. The van der Waals surface area contributed by atoms with Crippen molar-refractivity contribution < 1.29 is 37.4 Å². The van der Waals surface area contributed by atoms with Crippen LogP contribution in [0.3, 0.4) is 0 Å². The summed E-state index contributed by atoms with van der Waals surface area (Å²) in [5.41, 5.74) is 9.30. The molecule has 0 spiro atoms. The first-order valence-electron chi connectivity index (χ1n) is 12.9. The molecule has 2 unspecified atom stereocenters. The number of anilines is 1. The fourth-order valence-corrected chi connectivity index (χ4v) is 5.90. The third-order valence-electron chi connectivity index (χ3n) is 6.24. The van der Waals surface area contributed by atoms with Crippen molar-refractivity contribution in [1.82, 2.24) is 19.6 Å². The minimum Gasteiger partial charge on any atom is -0.462 e. The average Bonchev–Trinajstić information content (AvgIpc) is 3.36. The number of esters is 1. The number of ether oxygens (including phenoxy) is 2. The van der Waals surface area contributed by atoms with Crippen molar-refractivity contribution in [1.29, 1.82) is 0 Å². The largest absolute Gasteiger partial charge is 0.462 e. The van der Waals surface area contributed by atoms with Gasteiger partial charge >= 0.3 is 13.7 Å². The number of benzene rings is 1. The van der Waals surface area contributed by atoms with Crippen LogP contribution in [-0.4, -0.2) is 62.1 Å². The lowest BCUT2D eigenvalue weighted by Crippen LogP contribution is -2.53. The molecule has 1 fully saturated rings. The van der Waals surface area contributed by atoms with Crippen LogP contribution in [0.4, 0.5) is 10.3 Å². The molecule has 3 heterocycles. The van der Waals surface area contributed by atoms with E-state index in [0.29, 0.717) is 0 Å². The third kappa shape index (κ3) is 6.34. The van der Waals surface area contributed by atoms with Crippen LogP contribution >= 0.6 is 7.75 Å². The number of rotatable bonds is 10. The molecule has 14 nitrogen and oxygen atoms in total. The molecule has 1 aromatic carbocycles. The second kappa shape index (κ2) is 12.2. The van der Waals surface area contributed by atoms with Gasteiger partial charge < -0.3 is 30.6 Å². The van der Waals surface area contributed by atoms with Crippen LogP contribution in [0, 0.1) is 17.7 Å². The number of para-hydroxylation sites is 1. The van der Waals surface area contributed by atoms with Gasteiger partial charge in [0.25, 0.3) is 5.56 Å². The minimum absolute atomic E-state index is 0.164. The topological polar surface area (TPSA) is 206 Å². The van der Waals surface area contributed by atoms with Crippen LogP contribution < -0.4 is 26.6 Å². The number of nitrogens with two attached hydrogens (primary N) is 2. The zero-order valence-corrected chi connectivity index (χ0v) is 24.1. The molecule has 3 aromatic rings. The summed E-state index contributed by atoms with van der Waals surface area (Å²) < 4.78 is 52.2. The van der Waals surface area contributed by atoms with E-state index in [-0.39, 0.29) is 17.3 Å². The highest BCUT2D eigenvalue weighted by molar-refractivity contribution is 7.52. The summed E-state index contributed by atoms with van der Waals surface area (Å²) in [6.07, 6.45) is -3.77. The van der Waals surface area contributed by atoms with Gasteiger partial charge in [-0.3, -0.25) is 23.7 Å². The van der Waals surface area contributed by atoms with E-state index >= 15 is 0 Å². The van der Waals surface area contributed by atoms with Gasteiger partial charge in [-0.1, -0.05) is 24.1 Å². The van der Waals surface area contributed by atoms with Crippen molar-refractivity contribution in [2.24, 2.45) is 5.73 Å². The van der Waals surface area contributed by atoms with Gasteiger partial charge in [-0.15, -0.1) is 5.92 Å². The summed E-state index contributed by atoms with van der Waals surface area (Å²) in [4.78, 5) is 31.0. The molecular formula is C26H32FN6O8P. The number of nitrogen functional groups attached to an aromatic ring is 1. The Morgan fingerprint density at radius 1 is 1.36 bits per heavy atom. The summed E-state index contributed by atoms with van der Waals surface area (Å²) in [6.45, 7) is 5.63. The van der Waals surface area contributed by atoms with Crippen LogP contribution in [0.2, 0.25) is 0 Å². The first-order chi connectivity index (χ1) is 19.8. The number of fused-ring (bicyclic) bond motifs is 1. The Bertz CT molecular complexity index is 1620. The number of nitrogens with one attached hydrogen (secondary N) is 2. The Kier molecular flexibility index (Phi) is 9.07. The van der Waals surface area contributed by atoms with Gasteiger partial charge in [0.2, 0.25) is 5.95 Å². The van der Waals surface area contributed by atoms with E-state index in [1.807, 2.05) is 0 Å². The number of nitrogens with zero attached hydrogens (tertiary/aromatic N) is 2. The SMILES string of the molecule is CC#CC1(N)[C@@H](O)[C@@H](COP(=O)(N[C@@H](C)C(=O)OC(C)C)Oc2ccccc2)O[C@H]1n1cc(F)c2c(=O)[nH]c(N)nc21. The Morgan fingerprint density at radius 2 is 2.05 bits per heavy atom. The lowest BCUT2D eigenvalue weighted by Gasteiger charge is -2.28. The molecule has 1 saturated heterocycles. The van der Waals surface area contributed by atoms with Gasteiger partial charge in [0, 0.05) is 6.20 Å². The summed E-state index contributed by atoms with van der Waals surface area (Å²) in [5.74, 6) is 3.54. The number of aromatic nitrogens is 3. The number of halogens is 1. The molecule has 0 amide bonds. The molecule has 0 radical (unpaired) electrons. The van der Waals surface area contributed by atoms with Crippen molar-refractivity contribution in [2.45, 2.75) is 63.8 Å². The average molecular weight is 607 g/mol. The maximum Gasteiger partial charge on any atom is 0.459 e. The maximum absolute atomic E-state index is 14.8. The molecule has 1 aliphatic heterocycles. The monoisotopic (exact) mass is 606 g/mol. The predicted molar refractivity (Wildman–Crippen MR) is 149 cm³/mol. The van der Waals surface area contributed by atoms with Crippen LogP contribution in [-0.2, 0) is 23.4 Å². The van der Waals surface area contributed by atoms with Crippen LogP contribution in [0.1, 0.15) is 33.9 Å². The van der Waals surface area contributed by atoms with Gasteiger partial charge in [0.15, 0.2) is 23.2 Å². The Labute approximate surface area is 240 Å². The number of aliphatic hydroxyl groups is 1. The fourth-order valence-electron chi connectivity index (χ4n) is 4.40. The lowest BCUT2D eigenvalue weighted by molar-refractivity contribution is -0.149. The standard InChI is InChI=1S/C26H32FN6O8P/c1-5-11-26(29)20(34)18(40-24(26)33-12-17(27)19-21(33)30-25(28)31-22(19)35)13-38-42(37,41-16-9-7-6-8-10-16)32-15(4)23(36)39-14(2)3/h6-10,12,14-15,18,20,24,34H,13,29H2,1-4H3,(H,32,37)(H3,28,30,31,35)/t15-,18+,20-,24+,26?,42?/m0/s1. The molecule has 16 heteroatoms. The van der Waals surface area contributed by atoms with E-state index in [1.54, 1.807) is 32.0 Å². The molecule has 7 N–H and O–H groups in total. The fraction of sp³-hybridized carbons (Fsp3) is 0.423. The number of hydrogen-bond donors (Lipinski definition) is 5. The second-order valence-corrected chi connectivity index (χ2v) is 11.5. The first-order valence-corrected chi connectivity index (χ1v) is 14.4. The highest BCUT2D eigenvalue weighted by atomic mass is 31.2. The summed E-state index contributed by atoms with van der Waals surface area (Å²) in [7, 11) is -4.33. The van der Waals surface area contributed by atoms with E-state index in [4.69, 9.17) is 30.0 Å². The van der Waals surface area contributed by atoms with Gasteiger partial charge in [-0.25, -0.2) is 8.96 Å². The van der Waals surface area contributed by atoms with E-state index in [0.717, 1.165) is 10.8 Å². The van der Waals surface area contributed by atoms with Crippen LogP contribution in [0.5, 0.6) is 5.75 Å². The maximum atomic E-state index is 14.8.